The van der Waals surface area contributed by atoms with Gasteiger partial charge in [-0.05, 0) is 18.9 Å². The molecule has 1 saturated carbocycles. The summed E-state index contributed by atoms with van der Waals surface area (Å²) >= 11 is 0. The van der Waals surface area contributed by atoms with Crippen LogP contribution in [0.3, 0.4) is 0 Å². The molecule has 1 aromatic rings. The van der Waals surface area contributed by atoms with E-state index in [-0.39, 0.29) is 5.75 Å². The number of hydrogen-bond donors (Lipinski definition) is 2. The van der Waals surface area contributed by atoms with Crippen LogP contribution in [-0.2, 0) is 6.54 Å². The van der Waals surface area contributed by atoms with Crippen LogP contribution in [0.5, 0.6) is 11.5 Å². The van der Waals surface area contributed by atoms with Crippen LogP contribution in [0.1, 0.15) is 37.7 Å². The quantitative estimate of drug-likeness (QED) is 0.843. The molecular weight excluding hydrogens is 214 g/mol. The van der Waals surface area contributed by atoms with Gasteiger partial charge < -0.3 is 15.2 Å². The van der Waals surface area contributed by atoms with E-state index in [1.807, 2.05) is 12.1 Å². The summed E-state index contributed by atoms with van der Waals surface area (Å²) in [5.41, 5.74) is 0.912. The molecule has 0 aromatic heterocycles. The van der Waals surface area contributed by atoms with E-state index in [9.17, 15) is 5.11 Å². The number of phenols is 1. The summed E-state index contributed by atoms with van der Waals surface area (Å²) < 4.78 is 5.10. The van der Waals surface area contributed by atoms with E-state index >= 15 is 0 Å². The zero-order chi connectivity index (χ0) is 12.1. The molecule has 0 bridgehead atoms. The van der Waals surface area contributed by atoms with Crippen molar-refractivity contribution in [1.82, 2.24) is 5.32 Å². The number of nitrogens with one attached hydrogen (secondary N) is 1. The molecule has 1 fully saturated rings. The Kier molecular flexibility index (Phi) is 4.26. The summed E-state index contributed by atoms with van der Waals surface area (Å²) in [6.45, 7) is 0.716. The molecule has 0 atom stereocenters. The van der Waals surface area contributed by atoms with Crippen molar-refractivity contribution in [2.45, 2.75) is 44.7 Å². The molecular formula is C14H21NO2. The van der Waals surface area contributed by atoms with Crippen LogP contribution in [0.15, 0.2) is 18.2 Å². The lowest BCUT2D eigenvalue weighted by Gasteiger charge is -2.23. The molecule has 17 heavy (non-hydrogen) atoms. The van der Waals surface area contributed by atoms with Gasteiger partial charge in [-0.3, -0.25) is 0 Å². The maximum Gasteiger partial charge on any atom is 0.162 e. The number of para-hydroxylation sites is 1. The van der Waals surface area contributed by atoms with E-state index in [4.69, 9.17) is 4.74 Å². The van der Waals surface area contributed by atoms with Crippen LogP contribution in [0, 0.1) is 0 Å². The van der Waals surface area contributed by atoms with Crippen LogP contribution >= 0.6 is 0 Å². The number of aromatic hydroxyl groups is 1. The van der Waals surface area contributed by atoms with Gasteiger partial charge in [0.1, 0.15) is 0 Å². The third-order valence-electron chi connectivity index (χ3n) is 3.49. The number of phenolic OH excluding ortho intramolecular Hbond substituents is 1. The molecule has 1 aliphatic carbocycles. The second-order valence-corrected chi connectivity index (χ2v) is 4.68. The maximum absolute atomic E-state index is 9.95. The van der Waals surface area contributed by atoms with E-state index < -0.39 is 0 Å². The molecule has 0 radical (unpaired) electrons. The van der Waals surface area contributed by atoms with Crippen molar-refractivity contribution in [3.8, 4) is 11.5 Å². The van der Waals surface area contributed by atoms with Gasteiger partial charge >= 0.3 is 0 Å². The average Bonchev–Trinajstić information content (AvgIpc) is 2.39. The summed E-state index contributed by atoms with van der Waals surface area (Å²) in [5, 5.41) is 13.5. The fourth-order valence-corrected chi connectivity index (χ4v) is 2.44. The lowest BCUT2D eigenvalue weighted by atomic mass is 9.95. The highest BCUT2D eigenvalue weighted by atomic mass is 16.5. The maximum atomic E-state index is 9.95. The van der Waals surface area contributed by atoms with E-state index in [0.29, 0.717) is 18.3 Å². The summed E-state index contributed by atoms with van der Waals surface area (Å²) in [7, 11) is 1.58. The van der Waals surface area contributed by atoms with Crippen molar-refractivity contribution in [2.24, 2.45) is 0 Å². The van der Waals surface area contributed by atoms with Gasteiger partial charge in [-0.2, -0.15) is 0 Å². The van der Waals surface area contributed by atoms with Crippen molar-refractivity contribution in [3.63, 3.8) is 0 Å². The Hall–Kier alpha value is -1.22. The van der Waals surface area contributed by atoms with Crippen LogP contribution in [0.4, 0.5) is 0 Å². The fraction of sp³-hybridized carbons (Fsp3) is 0.571. The summed E-state index contributed by atoms with van der Waals surface area (Å²) in [4.78, 5) is 0. The highest BCUT2D eigenvalue weighted by molar-refractivity contribution is 5.45. The average molecular weight is 235 g/mol. The zero-order valence-corrected chi connectivity index (χ0v) is 10.4. The Morgan fingerprint density at radius 1 is 1.29 bits per heavy atom. The van der Waals surface area contributed by atoms with Gasteiger partial charge in [0.2, 0.25) is 0 Å². The molecule has 0 saturated heterocycles. The van der Waals surface area contributed by atoms with Crippen molar-refractivity contribution in [1.29, 1.82) is 0 Å². The minimum absolute atomic E-state index is 0.262. The standard InChI is InChI=1S/C14H21NO2/c1-17-13-9-5-6-11(14(13)16)10-15-12-7-3-2-4-8-12/h5-6,9,12,15-16H,2-4,7-8,10H2,1H3. The Morgan fingerprint density at radius 3 is 2.76 bits per heavy atom. The topological polar surface area (TPSA) is 41.5 Å². The van der Waals surface area contributed by atoms with Gasteiger partial charge in [0.05, 0.1) is 7.11 Å². The monoisotopic (exact) mass is 235 g/mol. The van der Waals surface area contributed by atoms with Crippen molar-refractivity contribution < 1.29 is 9.84 Å². The number of ether oxygens (including phenoxy) is 1. The first-order valence-electron chi connectivity index (χ1n) is 6.39. The Morgan fingerprint density at radius 2 is 2.06 bits per heavy atom. The largest absolute Gasteiger partial charge is 0.504 e. The molecule has 2 N–H and O–H groups in total. The fourth-order valence-electron chi connectivity index (χ4n) is 2.44. The minimum Gasteiger partial charge on any atom is -0.504 e. The minimum atomic E-state index is 0.262. The highest BCUT2D eigenvalue weighted by Gasteiger charge is 2.14. The van der Waals surface area contributed by atoms with E-state index in [1.165, 1.54) is 32.1 Å². The SMILES string of the molecule is COc1cccc(CNC2CCCCC2)c1O. The Balaban J connectivity index is 1.93. The van der Waals surface area contributed by atoms with Gasteiger partial charge in [-0.15, -0.1) is 0 Å². The lowest BCUT2D eigenvalue weighted by molar-refractivity contribution is 0.357. The van der Waals surface area contributed by atoms with Crippen molar-refractivity contribution >= 4 is 0 Å². The smallest absolute Gasteiger partial charge is 0.162 e. The predicted octanol–water partition coefficient (Wildman–Crippen LogP) is 2.82. The molecule has 0 unspecified atom stereocenters. The summed E-state index contributed by atoms with van der Waals surface area (Å²) in [6, 6.07) is 6.23. The molecule has 1 aromatic carbocycles. The van der Waals surface area contributed by atoms with Crippen LogP contribution < -0.4 is 10.1 Å². The second kappa shape index (κ2) is 5.92. The molecule has 0 aliphatic heterocycles. The molecule has 94 valence electrons. The van der Waals surface area contributed by atoms with Crippen LogP contribution in [-0.4, -0.2) is 18.3 Å². The van der Waals surface area contributed by atoms with E-state index in [0.717, 1.165) is 5.56 Å². The number of benzene rings is 1. The Labute approximate surface area is 103 Å². The molecule has 0 amide bonds. The number of methoxy groups -OCH3 is 1. The van der Waals surface area contributed by atoms with E-state index in [1.54, 1.807) is 13.2 Å². The lowest BCUT2D eigenvalue weighted by Crippen LogP contribution is -2.30. The molecule has 1 aliphatic rings. The van der Waals surface area contributed by atoms with Gasteiger partial charge in [-0.25, -0.2) is 0 Å². The van der Waals surface area contributed by atoms with Gasteiger partial charge in [0.15, 0.2) is 11.5 Å². The van der Waals surface area contributed by atoms with E-state index in [2.05, 4.69) is 5.32 Å². The van der Waals surface area contributed by atoms with Gasteiger partial charge in [0, 0.05) is 18.2 Å². The zero-order valence-electron chi connectivity index (χ0n) is 10.4. The normalized spacial score (nSPS) is 17.0. The first-order chi connectivity index (χ1) is 8.31. The molecule has 3 heteroatoms. The first kappa shape index (κ1) is 12.2. The third kappa shape index (κ3) is 3.13. The van der Waals surface area contributed by atoms with Gasteiger partial charge in [-0.1, -0.05) is 31.4 Å². The van der Waals surface area contributed by atoms with Crippen LogP contribution in [0.25, 0.3) is 0 Å². The van der Waals surface area contributed by atoms with Crippen molar-refractivity contribution in [2.75, 3.05) is 7.11 Å². The Bertz CT molecular complexity index is 359. The summed E-state index contributed by atoms with van der Waals surface area (Å²) in [6.07, 6.45) is 6.52. The number of rotatable bonds is 4. The second-order valence-electron chi connectivity index (χ2n) is 4.68. The predicted molar refractivity (Wildman–Crippen MR) is 68.4 cm³/mol. The van der Waals surface area contributed by atoms with Crippen molar-refractivity contribution in [3.05, 3.63) is 23.8 Å². The van der Waals surface area contributed by atoms with Gasteiger partial charge in [0.25, 0.3) is 0 Å². The van der Waals surface area contributed by atoms with Crippen LogP contribution in [0.2, 0.25) is 0 Å². The first-order valence-corrected chi connectivity index (χ1v) is 6.39. The highest BCUT2D eigenvalue weighted by Crippen LogP contribution is 2.29. The molecule has 2 rings (SSSR count). The third-order valence-corrected chi connectivity index (χ3v) is 3.49. The molecule has 0 spiro atoms. The molecule has 0 heterocycles. The summed E-state index contributed by atoms with van der Waals surface area (Å²) in [5.74, 6) is 0.811. The number of hydrogen-bond acceptors (Lipinski definition) is 3. The molecule has 3 nitrogen and oxygen atoms in total.